The van der Waals surface area contributed by atoms with E-state index < -0.39 is 0 Å². The maximum absolute atomic E-state index is 5.62. The summed E-state index contributed by atoms with van der Waals surface area (Å²) in [5.74, 6) is 5.71. The fourth-order valence-electron chi connectivity index (χ4n) is 0.316. The van der Waals surface area contributed by atoms with Crippen molar-refractivity contribution in [1.29, 1.82) is 0 Å². The Morgan fingerprint density at radius 1 is 1.50 bits per heavy atom. The van der Waals surface area contributed by atoms with E-state index in [1.165, 1.54) is 0 Å². The lowest BCUT2D eigenvalue weighted by Crippen LogP contribution is -2.30. The van der Waals surface area contributed by atoms with Crippen LogP contribution < -0.4 is 5.73 Å². The topological polar surface area (TPSA) is 26.0 Å². The summed E-state index contributed by atoms with van der Waals surface area (Å²) in [5.41, 5.74) is 5.50. The summed E-state index contributed by atoms with van der Waals surface area (Å²) >= 11 is 0. The molecule has 0 aromatic carbocycles. The first-order chi connectivity index (χ1) is 3.56. The largest absolute Gasteiger partial charge is 0.325 e. The molecular formula is C7H13N. The maximum atomic E-state index is 5.62. The van der Waals surface area contributed by atoms with Crippen LogP contribution in [0.2, 0.25) is 0 Å². The molecule has 2 N–H and O–H groups in total. The standard InChI is InChI=1S/C7H13N/c1-4-5-6-7(2,3)8/h6,8H2,1-3H3. The van der Waals surface area contributed by atoms with Crippen molar-refractivity contribution in [3.8, 4) is 11.8 Å². The van der Waals surface area contributed by atoms with Gasteiger partial charge in [0.05, 0.1) is 0 Å². The lowest BCUT2D eigenvalue weighted by molar-refractivity contribution is 0.536. The molecule has 8 heavy (non-hydrogen) atoms. The zero-order chi connectivity index (χ0) is 6.62. The first-order valence-electron chi connectivity index (χ1n) is 2.75. The molecule has 0 fully saturated rings. The first kappa shape index (κ1) is 7.52. The van der Waals surface area contributed by atoms with Crippen molar-refractivity contribution in [2.45, 2.75) is 32.7 Å². The molecule has 0 rings (SSSR count). The summed E-state index contributed by atoms with van der Waals surface area (Å²) in [6.45, 7) is 5.76. The van der Waals surface area contributed by atoms with Crippen LogP contribution in [-0.4, -0.2) is 5.54 Å². The minimum atomic E-state index is -0.122. The number of rotatable bonds is 1. The molecule has 0 atom stereocenters. The highest BCUT2D eigenvalue weighted by atomic mass is 14.7. The summed E-state index contributed by atoms with van der Waals surface area (Å²) in [5, 5.41) is 0. The van der Waals surface area contributed by atoms with Gasteiger partial charge in [0.25, 0.3) is 0 Å². The second-order valence-corrected chi connectivity index (χ2v) is 2.59. The van der Waals surface area contributed by atoms with Crippen molar-refractivity contribution < 1.29 is 0 Å². The molecule has 0 aromatic rings. The molecule has 0 amide bonds. The molecule has 0 aliphatic rings. The van der Waals surface area contributed by atoms with Gasteiger partial charge in [-0.2, -0.15) is 0 Å². The molecule has 0 bridgehead atoms. The normalized spacial score (nSPS) is 10.0. The summed E-state index contributed by atoms with van der Waals surface area (Å²) in [6, 6.07) is 0. The summed E-state index contributed by atoms with van der Waals surface area (Å²) in [4.78, 5) is 0. The molecule has 0 heterocycles. The average Bonchev–Trinajstić information content (AvgIpc) is 1.59. The Bertz CT molecular complexity index is 109. The predicted molar refractivity (Wildman–Crippen MR) is 36.3 cm³/mol. The smallest absolute Gasteiger partial charge is 0.0264 e. The third kappa shape index (κ3) is 5.52. The Kier molecular flexibility index (Phi) is 2.57. The SMILES string of the molecule is CC#CCC(C)(C)N. The molecule has 0 unspecified atom stereocenters. The van der Waals surface area contributed by atoms with Crippen molar-refractivity contribution in [2.24, 2.45) is 5.73 Å². The van der Waals surface area contributed by atoms with Crippen LogP contribution in [0.4, 0.5) is 0 Å². The quantitative estimate of drug-likeness (QED) is 0.504. The van der Waals surface area contributed by atoms with E-state index in [0.717, 1.165) is 6.42 Å². The fourth-order valence-corrected chi connectivity index (χ4v) is 0.316. The fraction of sp³-hybridized carbons (Fsp3) is 0.714. The van der Waals surface area contributed by atoms with E-state index in [4.69, 9.17) is 5.73 Å². The summed E-state index contributed by atoms with van der Waals surface area (Å²) in [6.07, 6.45) is 0.781. The Morgan fingerprint density at radius 3 is 2.12 bits per heavy atom. The average molecular weight is 111 g/mol. The van der Waals surface area contributed by atoms with Gasteiger partial charge >= 0.3 is 0 Å². The Hall–Kier alpha value is -0.480. The van der Waals surface area contributed by atoms with Gasteiger partial charge in [0.15, 0.2) is 0 Å². The molecule has 1 nitrogen and oxygen atoms in total. The van der Waals surface area contributed by atoms with E-state index in [1.54, 1.807) is 0 Å². The molecule has 0 aromatic heterocycles. The van der Waals surface area contributed by atoms with Gasteiger partial charge in [-0.15, -0.1) is 11.8 Å². The molecule has 1 heteroatoms. The van der Waals surface area contributed by atoms with Gasteiger partial charge in [0, 0.05) is 12.0 Å². The Labute approximate surface area is 51.3 Å². The van der Waals surface area contributed by atoms with Crippen LogP contribution >= 0.6 is 0 Å². The van der Waals surface area contributed by atoms with Crippen LogP contribution in [0.25, 0.3) is 0 Å². The van der Waals surface area contributed by atoms with E-state index in [1.807, 2.05) is 20.8 Å². The van der Waals surface area contributed by atoms with Crippen molar-refractivity contribution in [3.63, 3.8) is 0 Å². The number of hydrogen-bond donors (Lipinski definition) is 1. The molecule has 0 aliphatic carbocycles. The minimum Gasteiger partial charge on any atom is -0.325 e. The highest BCUT2D eigenvalue weighted by molar-refractivity contribution is 5.00. The minimum absolute atomic E-state index is 0.122. The maximum Gasteiger partial charge on any atom is 0.0264 e. The van der Waals surface area contributed by atoms with E-state index >= 15 is 0 Å². The van der Waals surface area contributed by atoms with Gasteiger partial charge < -0.3 is 5.73 Å². The summed E-state index contributed by atoms with van der Waals surface area (Å²) in [7, 11) is 0. The van der Waals surface area contributed by atoms with E-state index in [9.17, 15) is 0 Å². The molecular weight excluding hydrogens is 98.1 g/mol. The van der Waals surface area contributed by atoms with Crippen LogP contribution in [0.15, 0.2) is 0 Å². The van der Waals surface area contributed by atoms with Gasteiger partial charge in [0.1, 0.15) is 0 Å². The van der Waals surface area contributed by atoms with E-state index in [0.29, 0.717) is 0 Å². The van der Waals surface area contributed by atoms with E-state index in [2.05, 4.69) is 11.8 Å². The second kappa shape index (κ2) is 2.74. The van der Waals surface area contributed by atoms with Crippen LogP contribution in [0, 0.1) is 11.8 Å². The molecule has 0 aliphatic heterocycles. The van der Waals surface area contributed by atoms with E-state index in [-0.39, 0.29) is 5.54 Å². The van der Waals surface area contributed by atoms with Crippen molar-refractivity contribution in [3.05, 3.63) is 0 Å². The van der Waals surface area contributed by atoms with Crippen LogP contribution in [-0.2, 0) is 0 Å². The Balaban J connectivity index is 3.50. The monoisotopic (exact) mass is 111 g/mol. The molecule has 46 valence electrons. The van der Waals surface area contributed by atoms with Gasteiger partial charge in [-0.3, -0.25) is 0 Å². The third-order valence-corrected chi connectivity index (χ3v) is 0.721. The van der Waals surface area contributed by atoms with Crippen LogP contribution in [0.3, 0.4) is 0 Å². The first-order valence-corrected chi connectivity index (χ1v) is 2.75. The number of hydrogen-bond acceptors (Lipinski definition) is 1. The van der Waals surface area contributed by atoms with Crippen molar-refractivity contribution >= 4 is 0 Å². The molecule has 0 radical (unpaired) electrons. The van der Waals surface area contributed by atoms with Crippen molar-refractivity contribution in [1.82, 2.24) is 0 Å². The van der Waals surface area contributed by atoms with Crippen LogP contribution in [0.5, 0.6) is 0 Å². The van der Waals surface area contributed by atoms with Gasteiger partial charge in [-0.25, -0.2) is 0 Å². The number of nitrogens with two attached hydrogens (primary N) is 1. The van der Waals surface area contributed by atoms with Gasteiger partial charge in [-0.05, 0) is 20.8 Å². The predicted octanol–water partition coefficient (Wildman–Crippen LogP) is 1.14. The highest BCUT2D eigenvalue weighted by Crippen LogP contribution is 1.99. The lowest BCUT2D eigenvalue weighted by Gasteiger charge is -2.12. The summed E-state index contributed by atoms with van der Waals surface area (Å²) < 4.78 is 0. The van der Waals surface area contributed by atoms with Gasteiger partial charge in [-0.1, -0.05) is 0 Å². The third-order valence-electron chi connectivity index (χ3n) is 0.721. The zero-order valence-corrected chi connectivity index (χ0v) is 5.78. The second-order valence-electron chi connectivity index (χ2n) is 2.59. The Morgan fingerprint density at radius 2 is 2.00 bits per heavy atom. The zero-order valence-electron chi connectivity index (χ0n) is 5.78. The van der Waals surface area contributed by atoms with Crippen molar-refractivity contribution in [2.75, 3.05) is 0 Å². The molecule has 0 saturated carbocycles. The van der Waals surface area contributed by atoms with Gasteiger partial charge in [0.2, 0.25) is 0 Å². The molecule has 0 spiro atoms. The highest BCUT2D eigenvalue weighted by Gasteiger charge is 2.06. The van der Waals surface area contributed by atoms with Crippen LogP contribution in [0.1, 0.15) is 27.2 Å². The lowest BCUT2D eigenvalue weighted by atomic mass is 10.0. The molecule has 0 saturated heterocycles.